The summed E-state index contributed by atoms with van der Waals surface area (Å²) in [4.78, 5) is 18.7. The Hall–Kier alpha value is -1.53. The maximum Gasteiger partial charge on any atom is 0.132 e. The molecular weight excluding hydrogens is 318 g/mol. The zero-order valence-corrected chi connectivity index (χ0v) is 16.2. The Morgan fingerprint density at radius 3 is 2.33 bits per heavy atom. The molecule has 2 aromatic heterocycles. The van der Waals surface area contributed by atoms with Crippen molar-refractivity contribution in [2.75, 3.05) is 31.1 Å². The number of hydrogen-bond acceptors (Lipinski definition) is 6. The Labute approximate surface area is 148 Å². The summed E-state index contributed by atoms with van der Waals surface area (Å²) in [5.74, 6) is 1.93. The van der Waals surface area contributed by atoms with Crippen molar-refractivity contribution in [3.05, 3.63) is 33.7 Å². The van der Waals surface area contributed by atoms with Gasteiger partial charge >= 0.3 is 0 Å². The first kappa shape index (κ1) is 17.3. The lowest BCUT2D eigenvalue weighted by atomic mass is 9.92. The molecule has 0 atom stereocenters. The Morgan fingerprint density at radius 2 is 1.75 bits per heavy atom. The third-order valence-corrected chi connectivity index (χ3v) is 5.16. The van der Waals surface area contributed by atoms with Gasteiger partial charge in [-0.25, -0.2) is 15.0 Å². The number of thiazole rings is 1. The van der Waals surface area contributed by atoms with Crippen LogP contribution in [0.5, 0.6) is 0 Å². The normalized spacial score (nSPS) is 16.6. The highest BCUT2D eigenvalue weighted by Crippen LogP contribution is 2.24. The summed E-state index contributed by atoms with van der Waals surface area (Å²) >= 11 is 1.73. The number of anilines is 1. The smallest absolute Gasteiger partial charge is 0.132 e. The van der Waals surface area contributed by atoms with Crippen molar-refractivity contribution < 1.29 is 0 Å². The Balaban J connectivity index is 1.65. The summed E-state index contributed by atoms with van der Waals surface area (Å²) in [6.07, 6.45) is 0. The molecule has 0 aromatic carbocycles. The van der Waals surface area contributed by atoms with E-state index in [1.54, 1.807) is 11.3 Å². The Morgan fingerprint density at radius 1 is 1.04 bits per heavy atom. The molecule has 0 unspecified atom stereocenters. The van der Waals surface area contributed by atoms with Crippen LogP contribution in [0.3, 0.4) is 0 Å². The van der Waals surface area contributed by atoms with Crippen LogP contribution >= 0.6 is 11.3 Å². The number of aryl methyl sites for hydroxylation is 2. The largest absolute Gasteiger partial charge is 0.354 e. The van der Waals surface area contributed by atoms with Gasteiger partial charge in [0.25, 0.3) is 0 Å². The highest BCUT2D eigenvalue weighted by atomic mass is 32.1. The average Bonchev–Trinajstić information content (AvgIpc) is 2.91. The summed E-state index contributed by atoms with van der Waals surface area (Å²) in [5.41, 5.74) is 2.36. The number of piperazine rings is 1. The van der Waals surface area contributed by atoms with E-state index >= 15 is 0 Å². The lowest BCUT2D eigenvalue weighted by Crippen LogP contribution is -2.46. The van der Waals surface area contributed by atoms with Crippen LogP contribution in [0.15, 0.2) is 11.4 Å². The van der Waals surface area contributed by atoms with Gasteiger partial charge in [-0.3, -0.25) is 4.90 Å². The van der Waals surface area contributed by atoms with Crippen molar-refractivity contribution in [2.24, 2.45) is 0 Å². The van der Waals surface area contributed by atoms with Gasteiger partial charge in [-0.2, -0.15) is 0 Å². The molecule has 1 aliphatic heterocycles. The molecule has 130 valence electrons. The van der Waals surface area contributed by atoms with Gasteiger partial charge in [-0.05, 0) is 13.8 Å². The summed E-state index contributed by atoms with van der Waals surface area (Å²) in [7, 11) is 0. The predicted molar refractivity (Wildman–Crippen MR) is 99.8 cm³/mol. The molecule has 0 aliphatic carbocycles. The molecule has 0 spiro atoms. The molecule has 5 nitrogen and oxygen atoms in total. The van der Waals surface area contributed by atoms with Crippen molar-refractivity contribution >= 4 is 17.2 Å². The van der Waals surface area contributed by atoms with Gasteiger partial charge < -0.3 is 4.90 Å². The molecule has 3 heterocycles. The van der Waals surface area contributed by atoms with Gasteiger partial charge in [-0.15, -0.1) is 11.3 Å². The second-order valence-electron chi connectivity index (χ2n) is 7.53. The molecule has 1 aliphatic rings. The average molecular weight is 346 g/mol. The van der Waals surface area contributed by atoms with Gasteiger partial charge in [0, 0.05) is 49.6 Å². The maximum absolute atomic E-state index is 4.67. The summed E-state index contributed by atoms with van der Waals surface area (Å²) in [5, 5.41) is 3.32. The van der Waals surface area contributed by atoms with E-state index in [0.29, 0.717) is 0 Å². The fraction of sp³-hybridized carbons (Fsp3) is 0.611. The van der Waals surface area contributed by atoms with E-state index in [0.717, 1.165) is 55.1 Å². The molecule has 24 heavy (non-hydrogen) atoms. The number of rotatable bonds is 3. The highest BCUT2D eigenvalue weighted by Gasteiger charge is 2.22. The first-order valence-electron chi connectivity index (χ1n) is 8.56. The Kier molecular flexibility index (Phi) is 4.88. The topological polar surface area (TPSA) is 45.2 Å². The quantitative estimate of drug-likeness (QED) is 0.855. The number of aromatic nitrogens is 3. The van der Waals surface area contributed by atoms with E-state index < -0.39 is 0 Å². The number of hydrogen-bond donors (Lipinski definition) is 0. The fourth-order valence-corrected chi connectivity index (χ4v) is 3.55. The van der Waals surface area contributed by atoms with Crippen LogP contribution in [0, 0.1) is 13.8 Å². The van der Waals surface area contributed by atoms with E-state index in [2.05, 4.69) is 63.9 Å². The van der Waals surface area contributed by atoms with E-state index in [9.17, 15) is 0 Å². The van der Waals surface area contributed by atoms with Gasteiger partial charge in [0.1, 0.15) is 11.6 Å². The molecular formula is C18H27N5S. The third kappa shape index (κ3) is 4.11. The molecule has 0 amide bonds. The molecule has 6 heteroatoms. The lowest BCUT2D eigenvalue weighted by molar-refractivity contribution is 0.247. The van der Waals surface area contributed by atoms with Gasteiger partial charge in [0.2, 0.25) is 0 Å². The fourth-order valence-electron chi connectivity index (χ4n) is 2.94. The zero-order chi connectivity index (χ0) is 17.3. The summed E-state index contributed by atoms with van der Waals surface area (Å²) in [6.45, 7) is 15.7. The van der Waals surface area contributed by atoms with E-state index in [1.165, 1.54) is 5.69 Å². The van der Waals surface area contributed by atoms with Crippen LogP contribution in [0.4, 0.5) is 5.82 Å². The predicted octanol–water partition coefficient (Wildman–Crippen LogP) is 3.17. The first-order chi connectivity index (χ1) is 11.3. The monoisotopic (exact) mass is 345 g/mol. The second-order valence-corrected chi connectivity index (χ2v) is 8.59. The summed E-state index contributed by atoms with van der Waals surface area (Å²) in [6, 6.07) is 2.16. The molecule has 1 fully saturated rings. The highest BCUT2D eigenvalue weighted by molar-refractivity contribution is 7.09. The molecule has 0 bridgehead atoms. The molecule has 0 N–H and O–H groups in total. The van der Waals surface area contributed by atoms with Gasteiger partial charge in [-0.1, -0.05) is 20.8 Å². The van der Waals surface area contributed by atoms with Crippen LogP contribution in [-0.2, 0) is 12.0 Å². The third-order valence-electron chi connectivity index (χ3n) is 4.34. The van der Waals surface area contributed by atoms with Crippen LogP contribution in [0.25, 0.3) is 0 Å². The minimum absolute atomic E-state index is 0.0484. The van der Waals surface area contributed by atoms with Crippen LogP contribution in [0.1, 0.15) is 43.0 Å². The molecule has 0 radical (unpaired) electrons. The molecule has 3 rings (SSSR count). The minimum Gasteiger partial charge on any atom is -0.354 e. The van der Waals surface area contributed by atoms with Crippen molar-refractivity contribution in [1.29, 1.82) is 0 Å². The lowest BCUT2D eigenvalue weighted by Gasteiger charge is -2.35. The number of nitrogens with zero attached hydrogens (tertiary/aromatic N) is 5. The van der Waals surface area contributed by atoms with Crippen molar-refractivity contribution in [3.8, 4) is 0 Å². The minimum atomic E-state index is 0.0484. The Bertz CT molecular complexity index is 696. The van der Waals surface area contributed by atoms with Crippen LogP contribution < -0.4 is 4.90 Å². The maximum atomic E-state index is 4.67. The summed E-state index contributed by atoms with van der Waals surface area (Å²) < 4.78 is 0. The first-order valence-corrected chi connectivity index (χ1v) is 9.44. The van der Waals surface area contributed by atoms with Crippen molar-refractivity contribution in [2.45, 2.75) is 46.6 Å². The molecule has 1 saturated heterocycles. The van der Waals surface area contributed by atoms with E-state index in [1.807, 2.05) is 6.92 Å². The van der Waals surface area contributed by atoms with E-state index in [4.69, 9.17) is 0 Å². The van der Waals surface area contributed by atoms with Crippen molar-refractivity contribution in [1.82, 2.24) is 19.9 Å². The zero-order valence-electron chi connectivity index (χ0n) is 15.3. The molecule has 0 saturated carbocycles. The van der Waals surface area contributed by atoms with Gasteiger partial charge in [0.15, 0.2) is 0 Å². The van der Waals surface area contributed by atoms with E-state index in [-0.39, 0.29) is 5.41 Å². The second kappa shape index (κ2) is 6.76. The standard InChI is InChI=1S/C18H27N5S/c1-13-19-16(18(3,4)5)10-17(20-13)23-8-6-22(7-9-23)11-15-12-24-14(2)21-15/h10,12H,6-9,11H2,1-5H3. The van der Waals surface area contributed by atoms with Crippen LogP contribution in [0.2, 0.25) is 0 Å². The van der Waals surface area contributed by atoms with Crippen LogP contribution in [-0.4, -0.2) is 46.0 Å². The SMILES string of the molecule is Cc1nc(N2CCN(Cc3csc(C)n3)CC2)cc(C(C)(C)C)n1. The van der Waals surface area contributed by atoms with Crippen molar-refractivity contribution in [3.63, 3.8) is 0 Å². The van der Waals surface area contributed by atoms with Gasteiger partial charge in [0.05, 0.1) is 16.4 Å². The molecule has 2 aromatic rings.